The molecule has 0 bridgehead atoms. The normalized spacial score (nSPS) is 10.3. The Morgan fingerprint density at radius 2 is 1.43 bits per heavy atom. The highest BCUT2D eigenvalue weighted by molar-refractivity contribution is 5.96. The van der Waals surface area contributed by atoms with Crippen molar-refractivity contribution in [1.29, 1.82) is 0 Å². The Morgan fingerprint density at radius 1 is 1.00 bits per heavy atom. The van der Waals surface area contributed by atoms with Gasteiger partial charge >= 0.3 is 5.97 Å². The Balaban J connectivity index is 3.40. The van der Waals surface area contributed by atoms with Crippen molar-refractivity contribution in [2.24, 2.45) is 0 Å². The molecule has 0 aliphatic carbocycles. The van der Waals surface area contributed by atoms with E-state index in [4.69, 9.17) is 5.11 Å². The predicted octanol–water partition coefficient (Wildman–Crippen LogP) is 2.09. The van der Waals surface area contributed by atoms with Gasteiger partial charge < -0.3 is 10.0 Å². The first kappa shape index (κ1) is 16.6. The van der Waals surface area contributed by atoms with Crippen LogP contribution in [0.3, 0.4) is 0 Å². The highest BCUT2D eigenvalue weighted by Crippen LogP contribution is 2.24. The van der Waals surface area contributed by atoms with Crippen LogP contribution in [0.15, 0.2) is 12.7 Å². The van der Waals surface area contributed by atoms with Crippen molar-refractivity contribution in [2.45, 2.75) is 0 Å². The molecule has 0 aromatic heterocycles. The second-order valence-corrected chi connectivity index (χ2v) is 3.81. The van der Waals surface area contributed by atoms with Crippen LogP contribution in [0.4, 0.5) is 22.0 Å². The van der Waals surface area contributed by atoms with Gasteiger partial charge in [0.15, 0.2) is 23.3 Å². The molecule has 0 aliphatic rings. The summed E-state index contributed by atoms with van der Waals surface area (Å²) in [6.07, 6.45) is 1.03. The van der Waals surface area contributed by atoms with Crippen molar-refractivity contribution in [3.8, 4) is 0 Å². The molecule has 114 valence electrons. The number of amides is 1. The Bertz CT molecular complexity index is 588. The molecule has 0 saturated carbocycles. The van der Waals surface area contributed by atoms with E-state index in [2.05, 4.69) is 6.58 Å². The molecule has 1 aromatic carbocycles. The molecule has 0 fully saturated rings. The number of hydrogen-bond donors (Lipinski definition) is 1. The first-order valence-electron chi connectivity index (χ1n) is 5.35. The molecular formula is C12H8F5NO3. The van der Waals surface area contributed by atoms with Crippen molar-refractivity contribution in [2.75, 3.05) is 13.1 Å². The summed E-state index contributed by atoms with van der Waals surface area (Å²) in [5, 5.41) is 8.57. The fourth-order valence-corrected chi connectivity index (χ4v) is 1.49. The van der Waals surface area contributed by atoms with Crippen LogP contribution in [0, 0.1) is 29.1 Å². The van der Waals surface area contributed by atoms with Gasteiger partial charge in [-0.3, -0.25) is 9.59 Å². The number of carboxylic acids is 1. The van der Waals surface area contributed by atoms with E-state index in [0.29, 0.717) is 4.90 Å². The summed E-state index contributed by atoms with van der Waals surface area (Å²) in [6.45, 7) is 1.75. The molecule has 0 heterocycles. The number of rotatable bonds is 5. The Morgan fingerprint density at radius 3 is 1.81 bits per heavy atom. The van der Waals surface area contributed by atoms with E-state index in [-0.39, 0.29) is 0 Å². The average molecular weight is 309 g/mol. The molecule has 1 amide bonds. The van der Waals surface area contributed by atoms with Gasteiger partial charge in [-0.2, -0.15) is 0 Å². The summed E-state index contributed by atoms with van der Waals surface area (Å²) in [6, 6.07) is 0. The molecule has 1 N–H and O–H groups in total. The van der Waals surface area contributed by atoms with Crippen molar-refractivity contribution >= 4 is 11.9 Å². The minimum Gasteiger partial charge on any atom is -0.480 e. The quantitative estimate of drug-likeness (QED) is 0.392. The number of benzene rings is 1. The summed E-state index contributed by atoms with van der Waals surface area (Å²) in [7, 11) is 0. The topological polar surface area (TPSA) is 57.6 Å². The molecule has 0 radical (unpaired) electrons. The van der Waals surface area contributed by atoms with Crippen molar-refractivity contribution in [3.63, 3.8) is 0 Å². The molecule has 9 heteroatoms. The SMILES string of the molecule is C=CCN(CC(=O)O)C(=O)c1c(F)c(F)c(F)c(F)c1F. The van der Waals surface area contributed by atoms with Crippen LogP contribution in [-0.2, 0) is 4.79 Å². The highest BCUT2D eigenvalue weighted by Gasteiger charge is 2.32. The molecule has 0 aliphatic heterocycles. The van der Waals surface area contributed by atoms with E-state index in [1.807, 2.05) is 0 Å². The largest absolute Gasteiger partial charge is 0.480 e. The fourth-order valence-electron chi connectivity index (χ4n) is 1.49. The van der Waals surface area contributed by atoms with Gasteiger partial charge in [0.05, 0.1) is 0 Å². The first-order chi connectivity index (χ1) is 9.72. The van der Waals surface area contributed by atoms with E-state index in [1.54, 1.807) is 0 Å². The summed E-state index contributed by atoms with van der Waals surface area (Å²) in [5.74, 6) is -14.8. The van der Waals surface area contributed by atoms with Crippen molar-refractivity contribution in [3.05, 3.63) is 47.3 Å². The maximum atomic E-state index is 13.4. The summed E-state index contributed by atoms with van der Waals surface area (Å²) in [5.41, 5.74) is -1.71. The molecule has 0 saturated heterocycles. The Hall–Kier alpha value is -2.45. The van der Waals surface area contributed by atoms with Crippen LogP contribution in [0.2, 0.25) is 0 Å². The second-order valence-electron chi connectivity index (χ2n) is 3.81. The summed E-state index contributed by atoms with van der Waals surface area (Å²) in [4.78, 5) is 22.7. The standard InChI is InChI=1S/C12H8F5NO3/c1-2-3-18(4-5(19)20)12(21)6-7(13)9(15)11(17)10(16)8(6)14/h2H,1,3-4H2,(H,19,20). The number of carboxylic acid groups (broad SMARTS) is 1. The Labute approximate surface area is 115 Å². The lowest BCUT2D eigenvalue weighted by molar-refractivity contribution is -0.137. The average Bonchev–Trinajstić information content (AvgIpc) is 2.42. The summed E-state index contributed by atoms with van der Waals surface area (Å²) >= 11 is 0. The zero-order chi connectivity index (χ0) is 16.3. The molecule has 0 atom stereocenters. The predicted molar refractivity (Wildman–Crippen MR) is 60.0 cm³/mol. The zero-order valence-corrected chi connectivity index (χ0v) is 10.3. The van der Waals surface area contributed by atoms with Crippen LogP contribution in [0.5, 0.6) is 0 Å². The lowest BCUT2D eigenvalue weighted by Crippen LogP contribution is -2.37. The minimum absolute atomic E-state index is 0.369. The van der Waals surface area contributed by atoms with Crippen LogP contribution >= 0.6 is 0 Å². The molecule has 4 nitrogen and oxygen atoms in total. The van der Waals surface area contributed by atoms with Gasteiger partial charge in [0.1, 0.15) is 12.1 Å². The van der Waals surface area contributed by atoms with Crippen LogP contribution in [-0.4, -0.2) is 35.0 Å². The lowest BCUT2D eigenvalue weighted by Gasteiger charge is -2.19. The van der Waals surface area contributed by atoms with E-state index >= 15 is 0 Å². The lowest BCUT2D eigenvalue weighted by atomic mass is 10.1. The van der Waals surface area contributed by atoms with Crippen LogP contribution in [0.1, 0.15) is 10.4 Å². The summed E-state index contributed by atoms with van der Waals surface area (Å²) < 4.78 is 65.8. The van der Waals surface area contributed by atoms with E-state index in [1.165, 1.54) is 0 Å². The van der Waals surface area contributed by atoms with Crippen LogP contribution in [0.25, 0.3) is 0 Å². The van der Waals surface area contributed by atoms with Gasteiger partial charge in [-0.25, -0.2) is 22.0 Å². The number of carbonyl (C=O) groups is 2. The zero-order valence-electron chi connectivity index (χ0n) is 10.3. The van der Waals surface area contributed by atoms with Gasteiger partial charge in [0.2, 0.25) is 5.82 Å². The number of hydrogen-bond acceptors (Lipinski definition) is 2. The van der Waals surface area contributed by atoms with Gasteiger partial charge in [-0.15, -0.1) is 6.58 Å². The maximum Gasteiger partial charge on any atom is 0.323 e. The molecule has 21 heavy (non-hydrogen) atoms. The second kappa shape index (κ2) is 6.33. The number of halogens is 5. The van der Waals surface area contributed by atoms with E-state index in [0.717, 1.165) is 6.08 Å². The highest BCUT2D eigenvalue weighted by atomic mass is 19.2. The molecule has 1 rings (SSSR count). The third-order valence-corrected chi connectivity index (χ3v) is 2.39. The molecular weight excluding hydrogens is 301 g/mol. The Kier molecular flexibility index (Phi) is 5.01. The molecule has 0 spiro atoms. The molecule has 1 aromatic rings. The third-order valence-electron chi connectivity index (χ3n) is 2.39. The number of carbonyl (C=O) groups excluding carboxylic acids is 1. The molecule has 0 unspecified atom stereocenters. The van der Waals surface area contributed by atoms with Crippen molar-refractivity contribution < 1.29 is 36.6 Å². The van der Waals surface area contributed by atoms with Gasteiger partial charge in [-0.1, -0.05) is 6.08 Å². The minimum atomic E-state index is -2.41. The number of aliphatic carboxylic acids is 1. The fraction of sp³-hybridized carbons (Fsp3) is 0.167. The van der Waals surface area contributed by atoms with Gasteiger partial charge in [0.25, 0.3) is 5.91 Å². The van der Waals surface area contributed by atoms with Crippen molar-refractivity contribution in [1.82, 2.24) is 4.90 Å². The monoisotopic (exact) mass is 309 g/mol. The maximum absolute atomic E-state index is 13.4. The number of nitrogens with zero attached hydrogens (tertiary/aromatic N) is 1. The first-order valence-corrected chi connectivity index (χ1v) is 5.35. The third kappa shape index (κ3) is 3.18. The van der Waals surface area contributed by atoms with Crippen LogP contribution < -0.4 is 0 Å². The smallest absolute Gasteiger partial charge is 0.323 e. The van der Waals surface area contributed by atoms with Gasteiger partial charge in [0, 0.05) is 6.54 Å². The van der Waals surface area contributed by atoms with E-state index < -0.39 is 59.6 Å². The van der Waals surface area contributed by atoms with Gasteiger partial charge in [-0.05, 0) is 0 Å². The van der Waals surface area contributed by atoms with E-state index in [9.17, 15) is 31.5 Å².